The number of likely N-dealkylation sites (N-methyl/N-ethyl adjacent to an activating group) is 1. The molecule has 6 nitrogen and oxygen atoms in total. The molecule has 4 rings (SSSR count). The summed E-state index contributed by atoms with van der Waals surface area (Å²) < 4.78 is 5.72. The number of amides is 2. The highest BCUT2D eigenvalue weighted by Gasteiger charge is 2.28. The molecule has 1 saturated heterocycles. The lowest BCUT2D eigenvalue weighted by atomic mass is 10.0. The van der Waals surface area contributed by atoms with E-state index >= 15 is 0 Å². The van der Waals surface area contributed by atoms with Crippen molar-refractivity contribution in [3.8, 4) is 11.3 Å². The van der Waals surface area contributed by atoms with Crippen LogP contribution in [-0.4, -0.2) is 41.8 Å². The maximum atomic E-state index is 12.5. The first-order chi connectivity index (χ1) is 11.5. The summed E-state index contributed by atoms with van der Waals surface area (Å²) in [5.74, 6) is 1.83. The van der Waals surface area contributed by atoms with Crippen molar-refractivity contribution in [2.24, 2.45) is 0 Å². The van der Waals surface area contributed by atoms with Gasteiger partial charge in [0.15, 0.2) is 5.13 Å². The molecule has 0 radical (unpaired) electrons. The predicted molar refractivity (Wildman–Crippen MR) is 91.2 cm³/mol. The fourth-order valence-electron chi connectivity index (χ4n) is 3.29. The number of aryl methyl sites for hydroxylation is 3. The first kappa shape index (κ1) is 15.4. The number of aromatic nitrogens is 1. The zero-order valence-corrected chi connectivity index (χ0v) is 14.6. The van der Waals surface area contributed by atoms with Gasteiger partial charge in [-0.25, -0.2) is 4.98 Å². The Labute approximate surface area is 144 Å². The molecule has 2 amide bonds. The van der Waals surface area contributed by atoms with Gasteiger partial charge in [0.25, 0.3) is 0 Å². The number of fused-ring (bicyclic) bond motifs is 3. The lowest BCUT2D eigenvalue weighted by Gasteiger charge is -2.19. The number of hydrogen-bond acceptors (Lipinski definition) is 5. The van der Waals surface area contributed by atoms with E-state index in [1.165, 1.54) is 4.88 Å². The average Bonchev–Trinajstić information content (AvgIpc) is 3.24. The average molecular weight is 345 g/mol. The zero-order chi connectivity index (χ0) is 16.8. The van der Waals surface area contributed by atoms with Gasteiger partial charge in [-0.2, -0.15) is 0 Å². The van der Waals surface area contributed by atoms with Crippen LogP contribution >= 0.6 is 11.3 Å². The Morgan fingerprint density at radius 2 is 2.25 bits per heavy atom. The fourth-order valence-corrected chi connectivity index (χ4v) is 4.34. The van der Waals surface area contributed by atoms with Crippen LogP contribution in [0, 0.1) is 6.92 Å². The van der Waals surface area contributed by atoms with Gasteiger partial charge in [-0.15, -0.1) is 11.3 Å². The Balaban J connectivity index is 1.56. The molecule has 2 aromatic heterocycles. The summed E-state index contributed by atoms with van der Waals surface area (Å²) in [6.45, 7) is 2.74. The molecule has 1 aliphatic carbocycles. The van der Waals surface area contributed by atoms with Crippen LogP contribution in [0.25, 0.3) is 11.3 Å². The Bertz CT molecular complexity index is 823. The van der Waals surface area contributed by atoms with Crippen molar-refractivity contribution in [3.63, 3.8) is 0 Å². The van der Waals surface area contributed by atoms with E-state index in [4.69, 9.17) is 4.42 Å². The molecule has 0 saturated carbocycles. The number of rotatable bonds is 3. The molecular weight excluding hydrogens is 326 g/mol. The van der Waals surface area contributed by atoms with E-state index in [2.05, 4.69) is 4.98 Å². The third-order valence-electron chi connectivity index (χ3n) is 4.61. The van der Waals surface area contributed by atoms with E-state index in [1.807, 2.05) is 13.0 Å². The molecule has 2 aliphatic rings. The van der Waals surface area contributed by atoms with Crippen LogP contribution in [0.2, 0.25) is 0 Å². The number of carbonyl (C=O) groups excluding carboxylic acids is 2. The van der Waals surface area contributed by atoms with Crippen molar-refractivity contribution in [3.05, 3.63) is 22.5 Å². The number of furan rings is 1. The smallest absolute Gasteiger partial charge is 0.248 e. The van der Waals surface area contributed by atoms with Crippen LogP contribution in [0.4, 0.5) is 5.13 Å². The summed E-state index contributed by atoms with van der Waals surface area (Å²) in [5.41, 5.74) is 1.98. The highest BCUT2D eigenvalue weighted by Crippen LogP contribution is 2.40. The van der Waals surface area contributed by atoms with Gasteiger partial charge in [-0.05, 0) is 25.8 Å². The van der Waals surface area contributed by atoms with Crippen molar-refractivity contribution in [2.45, 2.75) is 32.6 Å². The topological polar surface area (TPSA) is 66.7 Å². The van der Waals surface area contributed by atoms with Crippen LogP contribution in [0.15, 0.2) is 10.5 Å². The Kier molecular flexibility index (Phi) is 3.68. The molecule has 24 heavy (non-hydrogen) atoms. The van der Waals surface area contributed by atoms with Gasteiger partial charge in [-0.1, -0.05) is 0 Å². The molecule has 2 aromatic rings. The molecule has 0 bridgehead atoms. The van der Waals surface area contributed by atoms with E-state index in [0.29, 0.717) is 18.1 Å². The van der Waals surface area contributed by atoms with E-state index in [-0.39, 0.29) is 18.4 Å². The minimum absolute atomic E-state index is 0.0636. The van der Waals surface area contributed by atoms with Gasteiger partial charge in [-0.3, -0.25) is 14.5 Å². The lowest BCUT2D eigenvalue weighted by Crippen LogP contribution is -2.38. The standard InChI is InChI=1S/C17H19N3O3S/c1-10-8-11-12(23-10)5-6-13-16(11)18-17(24-13)19(2)15(22)9-20-7-3-4-14(20)21/h8H,3-7,9H2,1-2H3. The first-order valence-corrected chi connectivity index (χ1v) is 8.98. The van der Waals surface area contributed by atoms with Gasteiger partial charge < -0.3 is 9.32 Å². The van der Waals surface area contributed by atoms with Gasteiger partial charge in [0.1, 0.15) is 18.1 Å². The molecule has 0 unspecified atom stereocenters. The Morgan fingerprint density at radius 1 is 1.42 bits per heavy atom. The zero-order valence-electron chi connectivity index (χ0n) is 13.8. The normalized spacial score (nSPS) is 16.2. The van der Waals surface area contributed by atoms with E-state index < -0.39 is 0 Å². The minimum Gasteiger partial charge on any atom is -0.466 e. The molecule has 7 heteroatoms. The van der Waals surface area contributed by atoms with Crippen molar-refractivity contribution >= 4 is 28.3 Å². The quantitative estimate of drug-likeness (QED) is 0.857. The molecule has 3 heterocycles. The van der Waals surface area contributed by atoms with Gasteiger partial charge in [0, 0.05) is 36.9 Å². The van der Waals surface area contributed by atoms with Crippen LogP contribution in [0.1, 0.15) is 29.2 Å². The summed E-state index contributed by atoms with van der Waals surface area (Å²) in [6.07, 6.45) is 3.15. The maximum Gasteiger partial charge on any atom is 0.248 e. The number of anilines is 1. The summed E-state index contributed by atoms with van der Waals surface area (Å²) in [4.78, 5) is 33.3. The SMILES string of the molecule is Cc1cc2c(o1)CCc1sc(N(C)C(=O)CN3CCCC3=O)nc1-2. The summed E-state index contributed by atoms with van der Waals surface area (Å²) >= 11 is 1.55. The van der Waals surface area contributed by atoms with Crippen LogP contribution in [0.5, 0.6) is 0 Å². The fraction of sp³-hybridized carbons (Fsp3) is 0.471. The Morgan fingerprint density at radius 3 is 3.00 bits per heavy atom. The van der Waals surface area contributed by atoms with Crippen molar-refractivity contribution in [1.82, 2.24) is 9.88 Å². The largest absolute Gasteiger partial charge is 0.466 e. The van der Waals surface area contributed by atoms with E-state index in [9.17, 15) is 9.59 Å². The molecular formula is C17H19N3O3S. The van der Waals surface area contributed by atoms with Crippen LogP contribution in [-0.2, 0) is 22.4 Å². The highest BCUT2D eigenvalue weighted by molar-refractivity contribution is 7.16. The summed E-state index contributed by atoms with van der Waals surface area (Å²) in [7, 11) is 1.73. The van der Waals surface area contributed by atoms with Gasteiger partial charge >= 0.3 is 0 Å². The lowest BCUT2D eigenvalue weighted by molar-refractivity contribution is -0.132. The molecule has 0 N–H and O–H groups in total. The number of hydrogen-bond donors (Lipinski definition) is 0. The van der Waals surface area contributed by atoms with Crippen molar-refractivity contribution in [2.75, 3.05) is 25.0 Å². The van der Waals surface area contributed by atoms with E-state index in [0.717, 1.165) is 42.0 Å². The number of likely N-dealkylation sites (tertiary alicyclic amines) is 1. The number of carbonyl (C=O) groups is 2. The minimum atomic E-state index is -0.0973. The maximum absolute atomic E-state index is 12.5. The molecule has 1 aliphatic heterocycles. The third kappa shape index (κ3) is 2.53. The monoisotopic (exact) mass is 345 g/mol. The second-order valence-electron chi connectivity index (χ2n) is 6.33. The molecule has 1 fully saturated rings. The summed E-state index contributed by atoms with van der Waals surface area (Å²) in [6, 6.07) is 2.02. The van der Waals surface area contributed by atoms with Gasteiger partial charge in [0.2, 0.25) is 11.8 Å². The van der Waals surface area contributed by atoms with Crippen molar-refractivity contribution in [1.29, 1.82) is 0 Å². The number of thiazole rings is 1. The number of nitrogens with zero attached hydrogens (tertiary/aromatic N) is 3. The Hall–Kier alpha value is -2.15. The van der Waals surface area contributed by atoms with E-state index in [1.54, 1.807) is 28.2 Å². The highest BCUT2D eigenvalue weighted by atomic mass is 32.1. The molecule has 0 spiro atoms. The van der Waals surface area contributed by atoms with Crippen molar-refractivity contribution < 1.29 is 14.0 Å². The molecule has 0 atom stereocenters. The van der Waals surface area contributed by atoms with Crippen LogP contribution in [0.3, 0.4) is 0 Å². The molecule has 126 valence electrons. The summed E-state index contributed by atoms with van der Waals surface area (Å²) in [5, 5.41) is 0.684. The first-order valence-electron chi connectivity index (χ1n) is 8.16. The third-order valence-corrected chi connectivity index (χ3v) is 5.80. The second-order valence-corrected chi connectivity index (χ2v) is 7.40. The van der Waals surface area contributed by atoms with Crippen LogP contribution < -0.4 is 4.90 Å². The predicted octanol–water partition coefficient (Wildman–Crippen LogP) is 2.40. The van der Waals surface area contributed by atoms with Gasteiger partial charge in [0.05, 0.1) is 5.69 Å². The second kappa shape index (κ2) is 5.73. The molecule has 0 aromatic carbocycles.